The van der Waals surface area contributed by atoms with Gasteiger partial charge in [0.15, 0.2) is 6.29 Å². The number of esters is 1. The van der Waals surface area contributed by atoms with Gasteiger partial charge in [-0.1, -0.05) is 26.0 Å². The van der Waals surface area contributed by atoms with Gasteiger partial charge in [-0.3, -0.25) is 0 Å². The van der Waals surface area contributed by atoms with Crippen molar-refractivity contribution in [2.45, 2.75) is 77.0 Å². The summed E-state index contributed by atoms with van der Waals surface area (Å²) in [5, 5.41) is 0. The fourth-order valence-corrected chi connectivity index (χ4v) is 8.03. The van der Waals surface area contributed by atoms with Crippen LogP contribution in [0.15, 0.2) is 35.9 Å². The number of hydrogen-bond acceptors (Lipinski definition) is 5. The highest BCUT2D eigenvalue weighted by atomic mass is 19.1. The lowest BCUT2D eigenvalue weighted by molar-refractivity contribution is -0.314. The van der Waals surface area contributed by atoms with E-state index in [2.05, 4.69) is 20.8 Å². The maximum Gasteiger partial charge on any atom is 0.336 e. The van der Waals surface area contributed by atoms with E-state index in [0.717, 1.165) is 37.7 Å². The van der Waals surface area contributed by atoms with E-state index in [-0.39, 0.29) is 40.4 Å². The number of ether oxygens (including phenoxy) is 4. The molecule has 0 aromatic heterocycles. The summed E-state index contributed by atoms with van der Waals surface area (Å²) in [4.78, 5) is 12.2. The summed E-state index contributed by atoms with van der Waals surface area (Å²) in [7, 11) is 0. The summed E-state index contributed by atoms with van der Waals surface area (Å²) in [5.74, 6) is 0.343. The lowest BCUT2D eigenvalue weighted by atomic mass is 9.44. The summed E-state index contributed by atoms with van der Waals surface area (Å²) in [5.41, 5.74) is 1.35. The molecule has 4 fully saturated rings. The molecule has 3 aliphatic heterocycles. The Labute approximate surface area is 194 Å². The van der Waals surface area contributed by atoms with E-state index in [1.807, 2.05) is 6.08 Å². The van der Waals surface area contributed by atoms with Gasteiger partial charge >= 0.3 is 5.97 Å². The van der Waals surface area contributed by atoms with Crippen molar-refractivity contribution in [3.05, 3.63) is 47.3 Å². The lowest BCUT2D eigenvalue weighted by Crippen LogP contribution is -2.63. The normalized spacial score (nSPS) is 46.7. The average Bonchev–Trinajstić information content (AvgIpc) is 3.37. The van der Waals surface area contributed by atoms with Gasteiger partial charge in [0.25, 0.3) is 0 Å². The van der Waals surface area contributed by atoms with E-state index >= 15 is 0 Å². The second-order valence-electron chi connectivity index (χ2n) is 11.4. The summed E-state index contributed by atoms with van der Waals surface area (Å²) < 4.78 is 38.0. The molecular formula is C27H33FO5. The smallest absolute Gasteiger partial charge is 0.336 e. The van der Waals surface area contributed by atoms with Gasteiger partial charge in [0.05, 0.1) is 30.0 Å². The molecule has 8 unspecified atom stereocenters. The van der Waals surface area contributed by atoms with Crippen LogP contribution >= 0.6 is 0 Å². The van der Waals surface area contributed by atoms with Crippen molar-refractivity contribution in [1.29, 1.82) is 0 Å². The van der Waals surface area contributed by atoms with Gasteiger partial charge in [0.1, 0.15) is 12.4 Å². The second kappa shape index (κ2) is 7.37. The van der Waals surface area contributed by atoms with Crippen LogP contribution in [0.1, 0.15) is 64.7 Å². The van der Waals surface area contributed by atoms with Crippen LogP contribution in [-0.2, 0) is 23.7 Å². The molecule has 6 heteroatoms. The van der Waals surface area contributed by atoms with E-state index in [0.29, 0.717) is 30.6 Å². The summed E-state index contributed by atoms with van der Waals surface area (Å²) >= 11 is 0. The van der Waals surface area contributed by atoms with Crippen molar-refractivity contribution in [3.8, 4) is 0 Å². The van der Waals surface area contributed by atoms with Gasteiger partial charge < -0.3 is 18.9 Å². The van der Waals surface area contributed by atoms with Gasteiger partial charge in [-0.2, -0.15) is 0 Å². The van der Waals surface area contributed by atoms with Crippen molar-refractivity contribution in [2.75, 3.05) is 13.2 Å². The molecule has 33 heavy (non-hydrogen) atoms. The molecule has 0 radical (unpaired) electrons. The molecule has 2 saturated heterocycles. The molecule has 5 aliphatic rings. The zero-order chi connectivity index (χ0) is 23.0. The van der Waals surface area contributed by atoms with Crippen LogP contribution in [0.4, 0.5) is 4.39 Å². The van der Waals surface area contributed by atoms with E-state index in [4.69, 9.17) is 18.9 Å². The SMILES string of the molecule is CC12CCC3C4(C)COC(c5ccc(F)cc5)OC4CCC3(C)C1CC(C1=CCOC1=O)O2. The van der Waals surface area contributed by atoms with Crippen molar-refractivity contribution in [2.24, 2.45) is 22.7 Å². The molecule has 178 valence electrons. The minimum atomic E-state index is -0.443. The molecule has 0 amide bonds. The van der Waals surface area contributed by atoms with Crippen LogP contribution < -0.4 is 0 Å². The maximum atomic E-state index is 13.4. The number of cyclic esters (lactones) is 1. The highest BCUT2D eigenvalue weighted by molar-refractivity contribution is 5.91. The summed E-state index contributed by atoms with van der Waals surface area (Å²) in [6.07, 6.45) is 6.31. The van der Waals surface area contributed by atoms with Gasteiger partial charge in [-0.05, 0) is 74.5 Å². The van der Waals surface area contributed by atoms with Crippen LogP contribution in [0.5, 0.6) is 0 Å². The molecular weight excluding hydrogens is 423 g/mol. The first-order valence-corrected chi connectivity index (χ1v) is 12.3. The number of carbonyl (C=O) groups excluding carboxylic acids is 1. The third-order valence-electron chi connectivity index (χ3n) is 9.67. The number of halogens is 1. The Morgan fingerprint density at radius 2 is 1.79 bits per heavy atom. The third kappa shape index (κ3) is 3.17. The minimum absolute atomic E-state index is 0.0888. The van der Waals surface area contributed by atoms with Gasteiger partial charge in [0.2, 0.25) is 0 Å². The Morgan fingerprint density at radius 1 is 1.00 bits per heavy atom. The Balaban J connectivity index is 1.25. The number of fused-ring (bicyclic) bond motifs is 5. The highest BCUT2D eigenvalue weighted by Gasteiger charge is 2.66. The molecule has 8 atom stereocenters. The quantitative estimate of drug-likeness (QED) is 0.580. The number of benzene rings is 1. The first-order valence-electron chi connectivity index (χ1n) is 12.3. The van der Waals surface area contributed by atoms with Gasteiger partial charge in [-0.15, -0.1) is 0 Å². The van der Waals surface area contributed by atoms with Crippen LogP contribution in [0.25, 0.3) is 0 Å². The fourth-order valence-electron chi connectivity index (χ4n) is 8.03. The number of rotatable bonds is 2. The van der Waals surface area contributed by atoms with E-state index in [9.17, 15) is 9.18 Å². The Hall–Kier alpha value is -1.76. The average molecular weight is 457 g/mol. The van der Waals surface area contributed by atoms with Gasteiger partial charge in [0, 0.05) is 11.0 Å². The monoisotopic (exact) mass is 456 g/mol. The molecule has 2 aliphatic carbocycles. The predicted molar refractivity (Wildman–Crippen MR) is 119 cm³/mol. The molecule has 2 saturated carbocycles. The first kappa shape index (κ1) is 21.8. The Kier molecular flexibility index (Phi) is 4.86. The summed E-state index contributed by atoms with van der Waals surface area (Å²) in [6.45, 7) is 7.99. The van der Waals surface area contributed by atoms with Crippen molar-refractivity contribution < 1.29 is 28.1 Å². The van der Waals surface area contributed by atoms with Crippen LogP contribution in [0, 0.1) is 28.5 Å². The van der Waals surface area contributed by atoms with Crippen molar-refractivity contribution >= 4 is 5.97 Å². The topological polar surface area (TPSA) is 54.0 Å². The Morgan fingerprint density at radius 3 is 2.52 bits per heavy atom. The molecule has 1 aromatic carbocycles. The molecule has 0 bridgehead atoms. The highest BCUT2D eigenvalue weighted by Crippen LogP contribution is 2.67. The van der Waals surface area contributed by atoms with Crippen molar-refractivity contribution in [1.82, 2.24) is 0 Å². The molecule has 1 aromatic rings. The van der Waals surface area contributed by atoms with Crippen molar-refractivity contribution in [3.63, 3.8) is 0 Å². The molecule has 0 N–H and O–H groups in total. The van der Waals surface area contributed by atoms with Crippen LogP contribution in [0.2, 0.25) is 0 Å². The van der Waals surface area contributed by atoms with Crippen LogP contribution in [-0.4, -0.2) is 37.0 Å². The second-order valence-corrected chi connectivity index (χ2v) is 11.4. The first-order chi connectivity index (χ1) is 15.7. The van der Waals surface area contributed by atoms with E-state index in [1.54, 1.807) is 12.1 Å². The molecule has 3 heterocycles. The number of carbonyl (C=O) groups is 1. The standard InChI is InChI=1S/C27H33FO5/c1-25-11-9-22-26(2,15-31-24(32-22)16-4-6-17(28)7-5-16)20(25)8-12-27(3)21(25)14-19(33-27)18-10-13-30-23(18)29/h4-7,10,19-22,24H,8-9,11-15H2,1-3H3. The summed E-state index contributed by atoms with van der Waals surface area (Å²) in [6, 6.07) is 6.42. The predicted octanol–water partition coefficient (Wildman–Crippen LogP) is 5.10. The van der Waals surface area contributed by atoms with Gasteiger partial charge in [-0.25, -0.2) is 9.18 Å². The van der Waals surface area contributed by atoms with Crippen LogP contribution in [0.3, 0.4) is 0 Å². The minimum Gasteiger partial charge on any atom is -0.458 e. The fraction of sp³-hybridized carbons (Fsp3) is 0.667. The largest absolute Gasteiger partial charge is 0.458 e. The maximum absolute atomic E-state index is 13.4. The lowest BCUT2D eigenvalue weighted by Gasteiger charge is -2.64. The number of hydrogen-bond donors (Lipinski definition) is 0. The third-order valence-corrected chi connectivity index (χ3v) is 9.67. The van der Waals surface area contributed by atoms with E-state index < -0.39 is 6.29 Å². The van der Waals surface area contributed by atoms with E-state index in [1.165, 1.54) is 12.1 Å². The molecule has 5 nitrogen and oxygen atoms in total. The zero-order valence-corrected chi connectivity index (χ0v) is 19.6. The Bertz CT molecular complexity index is 991. The zero-order valence-electron chi connectivity index (χ0n) is 19.6. The molecule has 0 spiro atoms. The molecule has 6 rings (SSSR count).